The minimum absolute atomic E-state index is 0.0661. The predicted octanol–water partition coefficient (Wildman–Crippen LogP) is 2.78. The Hall–Kier alpha value is -3.09. The van der Waals surface area contributed by atoms with Gasteiger partial charge in [0.2, 0.25) is 5.88 Å². The molecule has 2 aromatic heterocycles. The zero-order chi connectivity index (χ0) is 16.6. The number of aliphatic imine (C=N–C) groups is 1. The topological polar surface area (TPSA) is 111 Å². The fourth-order valence-corrected chi connectivity index (χ4v) is 2.21. The normalized spacial score (nSPS) is 14.5. The summed E-state index contributed by atoms with van der Waals surface area (Å²) in [4.78, 5) is 20.3. The number of fused-ring (bicyclic) bond motifs is 1. The number of allylic oxidation sites excluding steroid dienone is 1. The lowest BCUT2D eigenvalue weighted by atomic mass is 10.1. The van der Waals surface area contributed by atoms with E-state index < -0.39 is 5.97 Å². The smallest absolute Gasteiger partial charge is 0.347 e. The van der Waals surface area contributed by atoms with Crippen molar-refractivity contribution in [2.24, 2.45) is 4.99 Å². The molecule has 0 fully saturated rings. The number of furan rings is 1. The number of hydrogen-bond acceptors (Lipinski definition) is 7. The van der Waals surface area contributed by atoms with Crippen molar-refractivity contribution in [2.75, 3.05) is 5.73 Å². The van der Waals surface area contributed by atoms with E-state index in [1.54, 1.807) is 38.4 Å². The number of aromatic nitrogens is 1. The van der Waals surface area contributed by atoms with Gasteiger partial charge in [0, 0.05) is 23.5 Å². The van der Waals surface area contributed by atoms with Crippen LogP contribution in [0.25, 0.3) is 11.6 Å². The molecule has 7 nitrogen and oxygen atoms in total. The van der Waals surface area contributed by atoms with Gasteiger partial charge in [-0.2, -0.15) is 0 Å². The van der Waals surface area contributed by atoms with Gasteiger partial charge in [0.1, 0.15) is 0 Å². The lowest BCUT2D eigenvalue weighted by Crippen LogP contribution is -2.12. The van der Waals surface area contributed by atoms with Crippen LogP contribution in [-0.2, 0) is 4.74 Å². The van der Waals surface area contributed by atoms with Crippen molar-refractivity contribution >= 4 is 35.5 Å². The van der Waals surface area contributed by atoms with Crippen LogP contribution < -0.4 is 5.73 Å². The molecule has 0 radical (unpaired) electrons. The average molecular weight is 313 g/mol. The third-order valence-electron chi connectivity index (χ3n) is 3.19. The van der Waals surface area contributed by atoms with E-state index in [0.717, 1.165) is 5.56 Å². The molecule has 0 atom stereocenters. The molecule has 0 saturated heterocycles. The highest BCUT2D eigenvalue weighted by atomic mass is 16.5. The molecule has 23 heavy (non-hydrogen) atoms. The van der Waals surface area contributed by atoms with Crippen LogP contribution in [-0.4, -0.2) is 28.4 Å². The number of hydrogen-bond donors (Lipinski definition) is 2. The zero-order valence-corrected chi connectivity index (χ0v) is 12.6. The fourth-order valence-electron chi connectivity index (χ4n) is 2.21. The van der Waals surface area contributed by atoms with Crippen molar-refractivity contribution in [1.29, 1.82) is 0 Å². The number of nitrogens with two attached hydrogens (primary N) is 1. The largest absolute Gasteiger partial charge is 0.504 e. The number of aromatic hydroxyl groups is 1. The van der Waals surface area contributed by atoms with Crippen LogP contribution in [0.4, 0.5) is 11.7 Å². The maximum Gasteiger partial charge on any atom is 0.347 e. The number of ether oxygens (including phenoxy) is 1. The Bertz CT molecular complexity index is 834. The van der Waals surface area contributed by atoms with Gasteiger partial charge >= 0.3 is 5.97 Å². The number of esters is 1. The van der Waals surface area contributed by atoms with Gasteiger partial charge in [-0.25, -0.2) is 14.8 Å². The molecule has 118 valence electrons. The van der Waals surface area contributed by atoms with Gasteiger partial charge in [-0.15, -0.1) is 0 Å². The van der Waals surface area contributed by atoms with E-state index in [1.165, 1.54) is 0 Å². The van der Waals surface area contributed by atoms with E-state index in [9.17, 15) is 9.90 Å². The molecule has 0 unspecified atom stereocenters. The molecule has 2 aromatic rings. The second kappa shape index (κ2) is 5.60. The molecule has 1 aliphatic rings. The van der Waals surface area contributed by atoms with Gasteiger partial charge in [-0.3, -0.25) is 0 Å². The van der Waals surface area contributed by atoms with Crippen molar-refractivity contribution in [1.82, 2.24) is 4.98 Å². The summed E-state index contributed by atoms with van der Waals surface area (Å²) in [5.41, 5.74) is 7.01. The highest BCUT2D eigenvalue weighted by Crippen LogP contribution is 2.37. The van der Waals surface area contributed by atoms with Crippen LogP contribution in [0.3, 0.4) is 0 Å². The second-order valence-corrected chi connectivity index (χ2v) is 5.24. The molecule has 1 aliphatic heterocycles. The zero-order valence-electron chi connectivity index (χ0n) is 12.6. The molecule has 0 saturated carbocycles. The number of carbonyl (C=O) groups excluding carboxylic acids is 1. The molecule has 3 N–H and O–H groups in total. The maximum atomic E-state index is 12.0. The third-order valence-corrected chi connectivity index (χ3v) is 3.19. The highest BCUT2D eigenvalue weighted by molar-refractivity contribution is 6.21. The van der Waals surface area contributed by atoms with Crippen molar-refractivity contribution in [3.8, 4) is 5.75 Å². The molecule has 3 rings (SSSR count). The molecule has 0 spiro atoms. The van der Waals surface area contributed by atoms with Crippen LogP contribution in [0.2, 0.25) is 0 Å². The minimum atomic E-state index is -0.731. The van der Waals surface area contributed by atoms with E-state index in [0.29, 0.717) is 11.4 Å². The molecule has 0 amide bonds. The van der Waals surface area contributed by atoms with Crippen molar-refractivity contribution in [3.05, 3.63) is 35.2 Å². The summed E-state index contributed by atoms with van der Waals surface area (Å²) in [5.74, 6) is -0.633. The van der Waals surface area contributed by atoms with Crippen LogP contribution >= 0.6 is 0 Å². The third kappa shape index (κ3) is 2.68. The first-order chi connectivity index (χ1) is 11.0. The molecule has 0 aromatic carbocycles. The Morgan fingerprint density at radius 3 is 3.00 bits per heavy atom. The number of carbonyl (C=O) groups is 1. The standard InChI is InChI=1S/C16H15N3O4/c1-8(2)22-16(21)12-13(20)11(23-14(12)17)6-9-7-19-15-10(9)4-3-5-18-15/h3-8,20H,17H2,1-2H3. The lowest BCUT2D eigenvalue weighted by Gasteiger charge is -2.06. The Labute approximate surface area is 132 Å². The van der Waals surface area contributed by atoms with Gasteiger partial charge in [0.25, 0.3) is 0 Å². The lowest BCUT2D eigenvalue weighted by molar-refractivity contribution is 0.0376. The van der Waals surface area contributed by atoms with E-state index in [2.05, 4.69) is 9.98 Å². The fraction of sp³-hybridized carbons (Fsp3) is 0.188. The van der Waals surface area contributed by atoms with E-state index >= 15 is 0 Å². The number of nitrogen functional groups attached to an aromatic ring is 1. The Morgan fingerprint density at radius 1 is 1.48 bits per heavy atom. The van der Waals surface area contributed by atoms with Gasteiger partial charge in [0.05, 0.1) is 6.10 Å². The minimum Gasteiger partial charge on any atom is -0.504 e. The maximum absolute atomic E-state index is 12.0. The van der Waals surface area contributed by atoms with Crippen LogP contribution in [0, 0.1) is 0 Å². The molecular weight excluding hydrogens is 298 g/mol. The average Bonchev–Trinajstić information content (AvgIpc) is 3.01. The Morgan fingerprint density at radius 2 is 2.26 bits per heavy atom. The first kappa shape index (κ1) is 14.8. The van der Waals surface area contributed by atoms with Crippen molar-refractivity contribution in [3.63, 3.8) is 0 Å². The molecular formula is C16H15N3O4. The Balaban J connectivity index is 1.99. The van der Waals surface area contributed by atoms with E-state index in [4.69, 9.17) is 14.9 Å². The van der Waals surface area contributed by atoms with Gasteiger partial charge < -0.3 is 20.0 Å². The van der Waals surface area contributed by atoms with Gasteiger partial charge in [-0.1, -0.05) is 0 Å². The molecule has 0 bridgehead atoms. The highest BCUT2D eigenvalue weighted by Gasteiger charge is 2.26. The summed E-state index contributed by atoms with van der Waals surface area (Å²) in [5, 5.41) is 10.2. The second-order valence-electron chi connectivity index (χ2n) is 5.24. The van der Waals surface area contributed by atoms with E-state index in [-0.39, 0.29) is 29.1 Å². The molecule has 0 aliphatic carbocycles. The van der Waals surface area contributed by atoms with E-state index in [1.807, 2.05) is 6.07 Å². The summed E-state index contributed by atoms with van der Waals surface area (Å²) in [6.07, 6.45) is 4.45. The summed E-state index contributed by atoms with van der Waals surface area (Å²) in [6.45, 7) is 3.40. The first-order valence-electron chi connectivity index (χ1n) is 7.00. The van der Waals surface area contributed by atoms with Crippen molar-refractivity contribution in [2.45, 2.75) is 20.0 Å². The van der Waals surface area contributed by atoms with Gasteiger partial charge in [-0.05, 0) is 32.1 Å². The molecule has 3 heterocycles. The first-order valence-corrected chi connectivity index (χ1v) is 7.00. The van der Waals surface area contributed by atoms with Crippen molar-refractivity contribution < 1.29 is 19.1 Å². The number of nitrogens with zero attached hydrogens (tertiary/aromatic N) is 2. The number of pyridine rings is 1. The van der Waals surface area contributed by atoms with Crippen LogP contribution in [0.1, 0.15) is 35.5 Å². The summed E-state index contributed by atoms with van der Waals surface area (Å²) >= 11 is 0. The predicted molar refractivity (Wildman–Crippen MR) is 85.6 cm³/mol. The molecule has 7 heteroatoms. The SMILES string of the molecule is CC(C)OC(=O)c1c(N)oc(C=C2C=Nc3ncccc32)c1O. The summed E-state index contributed by atoms with van der Waals surface area (Å²) < 4.78 is 10.3. The van der Waals surface area contributed by atoms with Gasteiger partial charge in [0.15, 0.2) is 22.9 Å². The Kier molecular flexibility index (Phi) is 3.61. The quantitative estimate of drug-likeness (QED) is 0.843. The number of rotatable bonds is 3. The number of anilines is 1. The summed E-state index contributed by atoms with van der Waals surface area (Å²) in [7, 11) is 0. The van der Waals surface area contributed by atoms with Crippen LogP contribution in [0.15, 0.2) is 27.7 Å². The van der Waals surface area contributed by atoms with Crippen LogP contribution in [0.5, 0.6) is 5.75 Å². The summed E-state index contributed by atoms with van der Waals surface area (Å²) in [6, 6.07) is 3.63. The monoisotopic (exact) mass is 313 g/mol.